The van der Waals surface area contributed by atoms with Crippen molar-refractivity contribution in [2.75, 3.05) is 31.9 Å². The van der Waals surface area contributed by atoms with Crippen molar-refractivity contribution in [2.45, 2.75) is 13.5 Å². The normalized spacial score (nSPS) is 17.6. The molecule has 0 saturated carbocycles. The first-order chi connectivity index (χ1) is 7.68. The maximum Gasteiger partial charge on any atom is 0.146 e. The lowest BCUT2D eigenvalue weighted by Crippen LogP contribution is -2.43. The summed E-state index contributed by atoms with van der Waals surface area (Å²) in [7, 11) is 0. The van der Waals surface area contributed by atoms with Gasteiger partial charge in [0, 0.05) is 32.7 Å². The van der Waals surface area contributed by atoms with E-state index in [1.165, 1.54) is 6.07 Å². The van der Waals surface area contributed by atoms with E-state index in [0.717, 1.165) is 43.9 Å². The SMILES string of the molecule is Cc1ccc(F)c(N)c1CN1CCNCC1. The van der Waals surface area contributed by atoms with E-state index in [4.69, 9.17) is 5.73 Å². The number of nitrogen functional groups attached to an aromatic ring is 1. The highest BCUT2D eigenvalue weighted by atomic mass is 19.1. The van der Waals surface area contributed by atoms with Crippen molar-refractivity contribution in [3.8, 4) is 0 Å². The van der Waals surface area contributed by atoms with E-state index in [2.05, 4.69) is 10.2 Å². The zero-order valence-corrected chi connectivity index (χ0v) is 9.59. The lowest BCUT2D eigenvalue weighted by atomic mass is 10.1. The van der Waals surface area contributed by atoms with Crippen molar-refractivity contribution >= 4 is 5.69 Å². The number of rotatable bonds is 2. The van der Waals surface area contributed by atoms with Gasteiger partial charge in [0.15, 0.2) is 0 Å². The molecule has 4 heteroatoms. The Kier molecular flexibility index (Phi) is 3.41. The second-order valence-corrected chi connectivity index (χ2v) is 4.28. The molecule has 0 amide bonds. The van der Waals surface area contributed by atoms with Gasteiger partial charge in [0.2, 0.25) is 0 Å². The average Bonchev–Trinajstić information content (AvgIpc) is 2.31. The third kappa shape index (κ3) is 2.33. The Morgan fingerprint density at radius 2 is 2.06 bits per heavy atom. The summed E-state index contributed by atoms with van der Waals surface area (Å²) in [5.41, 5.74) is 8.09. The van der Waals surface area contributed by atoms with E-state index in [1.807, 2.05) is 6.92 Å². The number of nitrogens with two attached hydrogens (primary N) is 1. The largest absolute Gasteiger partial charge is 0.396 e. The molecule has 0 aromatic heterocycles. The molecule has 1 aliphatic heterocycles. The molecule has 1 aromatic rings. The molecule has 0 unspecified atom stereocenters. The molecule has 3 nitrogen and oxygen atoms in total. The van der Waals surface area contributed by atoms with E-state index in [1.54, 1.807) is 6.07 Å². The molecular formula is C12H18FN3. The summed E-state index contributed by atoms with van der Waals surface area (Å²) in [5.74, 6) is -0.310. The Bertz CT molecular complexity index is 373. The summed E-state index contributed by atoms with van der Waals surface area (Å²) < 4.78 is 13.4. The van der Waals surface area contributed by atoms with Crippen LogP contribution >= 0.6 is 0 Å². The van der Waals surface area contributed by atoms with Gasteiger partial charge in [0.05, 0.1) is 5.69 Å². The first-order valence-electron chi connectivity index (χ1n) is 5.65. The minimum absolute atomic E-state index is 0.304. The van der Waals surface area contributed by atoms with Gasteiger partial charge in [-0.2, -0.15) is 0 Å². The van der Waals surface area contributed by atoms with Gasteiger partial charge in [-0.05, 0) is 24.1 Å². The Morgan fingerprint density at radius 3 is 2.75 bits per heavy atom. The highest BCUT2D eigenvalue weighted by Crippen LogP contribution is 2.22. The van der Waals surface area contributed by atoms with Crippen LogP contribution in [0.1, 0.15) is 11.1 Å². The molecule has 3 N–H and O–H groups in total. The number of aryl methyl sites for hydroxylation is 1. The maximum absolute atomic E-state index is 13.4. The standard InChI is InChI=1S/C12H18FN3/c1-9-2-3-11(13)12(14)10(9)8-16-6-4-15-5-7-16/h2-3,15H,4-8,14H2,1H3. The lowest BCUT2D eigenvalue weighted by molar-refractivity contribution is 0.233. The Morgan fingerprint density at radius 1 is 1.38 bits per heavy atom. The van der Waals surface area contributed by atoms with Gasteiger partial charge < -0.3 is 11.1 Å². The predicted molar refractivity (Wildman–Crippen MR) is 63.7 cm³/mol. The van der Waals surface area contributed by atoms with Crippen LogP contribution in [0, 0.1) is 12.7 Å². The van der Waals surface area contributed by atoms with E-state index < -0.39 is 0 Å². The van der Waals surface area contributed by atoms with Crippen molar-refractivity contribution in [1.82, 2.24) is 10.2 Å². The summed E-state index contributed by atoms with van der Waals surface area (Å²) in [4.78, 5) is 2.30. The van der Waals surface area contributed by atoms with Crippen molar-refractivity contribution < 1.29 is 4.39 Å². The van der Waals surface area contributed by atoms with Crippen molar-refractivity contribution in [1.29, 1.82) is 0 Å². The van der Waals surface area contributed by atoms with Crippen LogP contribution in [0.25, 0.3) is 0 Å². The molecular weight excluding hydrogens is 205 g/mol. The fraction of sp³-hybridized carbons (Fsp3) is 0.500. The van der Waals surface area contributed by atoms with Crippen LogP contribution in [-0.2, 0) is 6.54 Å². The quantitative estimate of drug-likeness (QED) is 0.738. The zero-order valence-electron chi connectivity index (χ0n) is 9.59. The van der Waals surface area contributed by atoms with Crippen molar-refractivity contribution in [2.24, 2.45) is 0 Å². The highest BCUT2D eigenvalue weighted by Gasteiger charge is 2.14. The number of nitrogens with zero attached hydrogens (tertiary/aromatic N) is 1. The van der Waals surface area contributed by atoms with Crippen molar-refractivity contribution in [3.05, 3.63) is 29.1 Å². The first-order valence-corrected chi connectivity index (χ1v) is 5.65. The Labute approximate surface area is 95.4 Å². The van der Waals surface area contributed by atoms with Crippen LogP contribution < -0.4 is 11.1 Å². The number of benzene rings is 1. The average molecular weight is 223 g/mol. The molecule has 1 fully saturated rings. The highest BCUT2D eigenvalue weighted by molar-refractivity contribution is 5.51. The smallest absolute Gasteiger partial charge is 0.146 e. The number of piperazine rings is 1. The molecule has 2 rings (SSSR count). The Hall–Kier alpha value is -1.13. The second-order valence-electron chi connectivity index (χ2n) is 4.28. The van der Waals surface area contributed by atoms with E-state index in [-0.39, 0.29) is 5.82 Å². The summed E-state index contributed by atoms with van der Waals surface area (Å²) in [6.07, 6.45) is 0. The summed E-state index contributed by atoms with van der Waals surface area (Å²) in [6.45, 7) is 6.71. The molecule has 0 atom stereocenters. The minimum atomic E-state index is -0.310. The zero-order chi connectivity index (χ0) is 11.5. The Balaban J connectivity index is 2.16. The van der Waals surface area contributed by atoms with Gasteiger partial charge in [-0.1, -0.05) is 6.07 Å². The number of hydrogen-bond acceptors (Lipinski definition) is 3. The summed E-state index contributed by atoms with van der Waals surface area (Å²) in [5, 5.41) is 3.29. The van der Waals surface area contributed by atoms with Gasteiger partial charge in [-0.15, -0.1) is 0 Å². The fourth-order valence-electron chi connectivity index (χ4n) is 2.05. The number of anilines is 1. The van der Waals surface area contributed by atoms with Crippen LogP contribution in [0.15, 0.2) is 12.1 Å². The van der Waals surface area contributed by atoms with Gasteiger partial charge in [0.1, 0.15) is 5.82 Å². The fourth-order valence-corrected chi connectivity index (χ4v) is 2.05. The molecule has 88 valence electrons. The van der Waals surface area contributed by atoms with Crippen LogP contribution in [0.5, 0.6) is 0 Å². The first kappa shape index (κ1) is 11.4. The molecule has 0 bridgehead atoms. The minimum Gasteiger partial charge on any atom is -0.396 e. The van der Waals surface area contributed by atoms with Gasteiger partial charge >= 0.3 is 0 Å². The third-order valence-corrected chi connectivity index (χ3v) is 3.13. The lowest BCUT2D eigenvalue weighted by Gasteiger charge is -2.28. The van der Waals surface area contributed by atoms with Crippen LogP contribution in [0.4, 0.5) is 10.1 Å². The monoisotopic (exact) mass is 223 g/mol. The van der Waals surface area contributed by atoms with Crippen LogP contribution in [0.2, 0.25) is 0 Å². The van der Waals surface area contributed by atoms with Gasteiger partial charge in [0.25, 0.3) is 0 Å². The van der Waals surface area contributed by atoms with E-state index in [9.17, 15) is 4.39 Å². The second kappa shape index (κ2) is 4.80. The number of hydrogen-bond donors (Lipinski definition) is 2. The molecule has 1 heterocycles. The number of halogens is 1. The summed E-state index contributed by atoms with van der Waals surface area (Å²) >= 11 is 0. The third-order valence-electron chi connectivity index (χ3n) is 3.13. The molecule has 0 radical (unpaired) electrons. The molecule has 0 spiro atoms. The van der Waals surface area contributed by atoms with Gasteiger partial charge in [-0.25, -0.2) is 4.39 Å². The molecule has 1 aromatic carbocycles. The molecule has 16 heavy (non-hydrogen) atoms. The molecule has 1 saturated heterocycles. The van der Waals surface area contributed by atoms with E-state index >= 15 is 0 Å². The molecule has 0 aliphatic carbocycles. The predicted octanol–water partition coefficient (Wildman–Crippen LogP) is 1.12. The number of nitrogens with one attached hydrogen (secondary N) is 1. The summed E-state index contributed by atoms with van der Waals surface area (Å²) in [6, 6.07) is 3.23. The van der Waals surface area contributed by atoms with Gasteiger partial charge in [-0.3, -0.25) is 4.90 Å². The van der Waals surface area contributed by atoms with E-state index in [0.29, 0.717) is 5.69 Å². The maximum atomic E-state index is 13.4. The van der Waals surface area contributed by atoms with Crippen LogP contribution in [-0.4, -0.2) is 31.1 Å². The van der Waals surface area contributed by atoms with Crippen molar-refractivity contribution in [3.63, 3.8) is 0 Å². The molecule has 1 aliphatic rings. The van der Waals surface area contributed by atoms with Crippen LogP contribution in [0.3, 0.4) is 0 Å². The topological polar surface area (TPSA) is 41.3 Å².